The van der Waals surface area contributed by atoms with Gasteiger partial charge in [0.15, 0.2) is 23.3 Å². The predicted octanol–water partition coefficient (Wildman–Crippen LogP) is 22.9. The number of H-pyrrole nitrogens is 2. The normalized spacial score (nSPS) is 12.4. The first-order chi connectivity index (χ1) is 42.3. The average Bonchev–Trinajstić information content (AvgIpc) is 2.35. The molecule has 0 unspecified atom stereocenters. The summed E-state index contributed by atoms with van der Waals surface area (Å²) in [5, 5.41) is 15.8. The number of rotatable bonds is 31. The predicted molar refractivity (Wildman–Crippen MR) is 369 cm³/mol. The molecule has 0 radical (unpaired) electrons. The summed E-state index contributed by atoms with van der Waals surface area (Å²) in [5.41, 5.74) is 12.5. The molecular formula is C78H102N8O. The number of aromatic hydroxyl groups is 1. The molecule has 5 aromatic carbocycles. The van der Waals surface area contributed by atoms with Crippen molar-refractivity contribution in [3.8, 4) is 62.4 Å². The lowest BCUT2D eigenvalue weighted by molar-refractivity contribution is 0.423. The Morgan fingerprint density at radius 2 is 0.655 bits per heavy atom. The number of aromatic nitrogens is 8. The van der Waals surface area contributed by atoms with Crippen LogP contribution in [0.25, 0.3) is 101 Å². The van der Waals surface area contributed by atoms with E-state index in [2.05, 4.69) is 144 Å². The highest BCUT2D eigenvalue weighted by atomic mass is 16.3. The largest absolute Gasteiger partial charge is 0.507 e. The van der Waals surface area contributed by atoms with E-state index in [1.54, 1.807) is 0 Å². The van der Waals surface area contributed by atoms with Crippen molar-refractivity contribution in [1.82, 2.24) is 39.9 Å². The summed E-state index contributed by atoms with van der Waals surface area (Å²) in [6.45, 7) is 17.6. The Kier molecular flexibility index (Phi) is 21.8. The molecule has 2 aliphatic rings. The fourth-order valence-electron chi connectivity index (χ4n) is 13.5. The molecule has 9 heteroatoms. The third-order valence-electron chi connectivity index (χ3n) is 18.6. The van der Waals surface area contributed by atoms with Gasteiger partial charge in [-0.05, 0) is 83.0 Å². The van der Waals surface area contributed by atoms with Crippen LogP contribution in [0.4, 0.5) is 0 Å². The van der Waals surface area contributed by atoms with Crippen LogP contribution in [0.1, 0.15) is 257 Å². The summed E-state index contributed by atoms with van der Waals surface area (Å²) in [4.78, 5) is 40.1. The van der Waals surface area contributed by atoms with Crippen molar-refractivity contribution in [2.75, 3.05) is 0 Å². The molecule has 460 valence electrons. The summed E-state index contributed by atoms with van der Waals surface area (Å²) in [5.74, 6) is 2.78. The van der Waals surface area contributed by atoms with Gasteiger partial charge in [0.1, 0.15) is 28.3 Å². The van der Waals surface area contributed by atoms with Crippen LogP contribution >= 0.6 is 0 Å². The molecule has 10 rings (SSSR count). The zero-order valence-electron chi connectivity index (χ0n) is 54.5. The van der Waals surface area contributed by atoms with Crippen LogP contribution in [0.15, 0.2) is 91.0 Å². The number of phenols is 1. The Hall–Kier alpha value is -6.74. The minimum absolute atomic E-state index is 0.324. The van der Waals surface area contributed by atoms with Crippen molar-refractivity contribution in [2.45, 2.75) is 259 Å². The second-order valence-electron chi connectivity index (χ2n) is 27.7. The number of hydrogen-bond acceptors (Lipinski definition) is 7. The molecule has 0 amide bonds. The maximum Gasteiger partial charge on any atom is 0.164 e. The standard InChI is InChI=1S/C78H102N8O/c1-9-11-13-15-17-19-21-23-25-27-29-31-33-35-42-54-50-63-64(51-55(54)43-36-34-32-30-28-26-24-22-20-18-16-14-12-10-2)75-84-74(63)83-72-61-47-40-38-45-59(61)70(81-72)79-69-58-44-37-39-46-60(58)71(80-69)82-73-62-49-41-48-57(67(62)76(85-73)86-75)56-52-65(77(3,4)5)68(87)66(53-56)78(6,7)8/h37-41,44-53,87H,9-36,42-43H2,1-8H3,(H2,79,80,81,82,83,84,85,86). The second kappa shape index (κ2) is 30.0. The molecule has 3 N–H and O–H groups in total. The van der Waals surface area contributed by atoms with E-state index in [0.29, 0.717) is 51.6 Å². The van der Waals surface area contributed by atoms with Gasteiger partial charge in [0, 0.05) is 54.9 Å². The van der Waals surface area contributed by atoms with Gasteiger partial charge in [0.2, 0.25) is 0 Å². The van der Waals surface area contributed by atoms with E-state index in [1.807, 2.05) is 12.1 Å². The summed E-state index contributed by atoms with van der Waals surface area (Å²) in [6, 6.07) is 32.2. The van der Waals surface area contributed by atoms with E-state index in [9.17, 15) is 5.11 Å². The minimum Gasteiger partial charge on any atom is -0.507 e. The third kappa shape index (κ3) is 15.8. The molecule has 0 fully saturated rings. The highest BCUT2D eigenvalue weighted by molar-refractivity contribution is 6.13. The zero-order valence-corrected chi connectivity index (χ0v) is 54.5. The number of unbranched alkanes of at least 4 members (excludes halogenated alkanes) is 26. The molecule has 8 bridgehead atoms. The SMILES string of the molecule is CCCCCCCCCCCCCCCCc1cc2c(cc1CCCCCCCCCCCCCCCC)-c1nc-2nc2[nH]c(nc3nc(nc4[nH]c(n1)c1c(-c5cc(C(C)(C)C)c(O)c(C(C)(C)C)c5)cccc41)-c1ccccc1-3)c1ccccc21. The number of fused-ring (bicyclic) bond motifs is 20. The maximum absolute atomic E-state index is 12.0. The molecule has 0 saturated heterocycles. The van der Waals surface area contributed by atoms with Gasteiger partial charge in [-0.2, -0.15) is 0 Å². The van der Waals surface area contributed by atoms with Gasteiger partial charge in [-0.25, -0.2) is 29.9 Å². The van der Waals surface area contributed by atoms with Gasteiger partial charge < -0.3 is 15.1 Å². The molecule has 3 aromatic heterocycles. The van der Waals surface area contributed by atoms with Crippen molar-refractivity contribution in [1.29, 1.82) is 0 Å². The van der Waals surface area contributed by atoms with Crippen LogP contribution in [0.5, 0.6) is 5.75 Å². The van der Waals surface area contributed by atoms with Crippen LogP contribution in [0.2, 0.25) is 0 Å². The zero-order chi connectivity index (χ0) is 60.8. The molecule has 5 heterocycles. The molecule has 0 aliphatic carbocycles. The van der Waals surface area contributed by atoms with Gasteiger partial charge in [0.05, 0.1) is 0 Å². The highest BCUT2D eigenvalue weighted by Crippen LogP contribution is 2.45. The lowest BCUT2D eigenvalue weighted by Gasteiger charge is -2.28. The summed E-state index contributed by atoms with van der Waals surface area (Å²) in [6.07, 6.45) is 39.8. The molecule has 87 heavy (non-hydrogen) atoms. The first kappa shape index (κ1) is 63.3. The van der Waals surface area contributed by atoms with Crippen molar-refractivity contribution in [3.05, 3.63) is 113 Å². The fraction of sp³-hybridized carbons (Fsp3) is 0.513. The van der Waals surface area contributed by atoms with Crippen LogP contribution in [0, 0.1) is 0 Å². The van der Waals surface area contributed by atoms with Gasteiger partial charge in [-0.3, -0.25) is 0 Å². The van der Waals surface area contributed by atoms with E-state index < -0.39 is 0 Å². The fourth-order valence-corrected chi connectivity index (χ4v) is 13.5. The van der Waals surface area contributed by atoms with E-state index >= 15 is 0 Å². The first-order valence-corrected chi connectivity index (χ1v) is 34.5. The molecular weight excluding hydrogens is 1060 g/mol. The third-order valence-corrected chi connectivity index (χ3v) is 18.6. The van der Waals surface area contributed by atoms with Crippen molar-refractivity contribution < 1.29 is 5.11 Å². The smallest absolute Gasteiger partial charge is 0.164 e. The maximum atomic E-state index is 12.0. The molecule has 0 atom stereocenters. The van der Waals surface area contributed by atoms with Crippen LogP contribution in [-0.4, -0.2) is 45.0 Å². The monoisotopic (exact) mass is 1170 g/mol. The number of aromatic amines is 2. The summed E-state index contributed by atoms with van der Waals surface area (Å²) in [7, 11) is 0. The summed E-state index contributed by atoms with van der Waals surface area (Å²) < 4.78 is 0. The number of benzene rings is 5. The van der Waals surface area contributed by atoms with Gasteiger partial charge >= 0.3 is 0 Å². The van der Waals surface area contributed by atoms with Crippen molar-refractivity contribution >= 4 is 44.1 Å². The quantitative estimate of drug-likeness (QED) is 0.0369. The van der Waals surface area contributed by atoms with Crippen LogP contribution in [0.3, 0.4) is 0 Å². The van der Waals surface area contributed by atoms with Crippen LogP contribution < -0.4 is 0 Å². The Morgan fingerprint density at radius 1 is 0.333 bits per heavy atom. The molecule has 2 aliphatic heterocycles. The highest BCUT2D eigenvalue weighted by Gasteiger charge is 2.29. The van der Waals surface area contributed by atoms with E-state index in [0.717, 1.165) is 85.3 Å². The number of hydrogen-bond donors (Lipinski definition) is 3. The number of nitrogens with one attached hydrogen (secondary N) is 2. The number of phenolic OH excluding ortho intramolecular Hbond substituents is 1. The minimum atomic E-state index is -0.324. The van der Waals surface area contributed by atoms with Gasteiger partial charge in [-0.1, -0.05) is 289 Å². The number of aryl methyl sites for hydroxylation is 2. The van der Waals surface area contributed by atoms with Crippen molar-refractivity contribution in [3.63, 3.8) is 0 Å². The van der Waals surface area contributed by atoms with Crippen molar-refractivity contribution in [2.24, 2.45) is 0 Å². The van der Waals surface area contributed by atoms with E-state index in [4.69, 9.17) is 29.9 Å². The first-order valence-electron chi connectivity index (χ1n) is 34.5. The molecule has 0 spiro atoms. The Labute approximate surface area is 521 Å². The van der Waals surface area contributed by atoms with E-state index in [1.165, 1.54) is 184 Å². The Bertz CT molecular complexity index is 3720. The molecule has 9 nitrogen and oxygen atoms in total. The number of nitrogens with zero attached hydrogens (tertiary/aromatic N) is 6. The van der Waals surface area contributed by atoms with Gasteiger partial charge in [-0.15, -0.1) is 0 Å². The lowest BCUT2D eigenvalue weighted by Crippen LogP contribution is -2.17. The van der Waals surface area contributed by atoms with Crippen LogP contribution in [-0.2, 0) is 23.7 Å². The lowest BCUT2D eigenvalue weighted by atomic mass is 9.77. The average molecular weight is 1170 g/mol. The topological polar surface area (TPSA) is 129 Å². The second-order valence-corrected chi connectivity index (χ2v) is 27.7. The molecule has 8 aromatic rings. The Balaban J connectivity index is 1.05. The Morgan fingerprint density at radius 3 is 1.06 bits per heavy atom. The van der Waals surface area contributed by atoms with Gasteiger partial charge in [0.25, 0.3) is 0 Å². The van der Waals surface area contributed by atoms with E-state index in [-0.39, 0.29) is 10.8 Å². The molecule has 0 saturated carbocycles. The summed E-state index contributed by atoms with van der Waals surface area (Å²) >= 11 is 0.